The van der Waals surface area contributed by atoms with E-state index in [-0.39, 0.29) is 29.6 Å². The molecule has 8 rings (SSSR count). The Morgan fingerprint density at radius 1 is 0.709 bits per heavy atom. The number of aliphatic hydroxyl groups is 1. The number of rotatable bonds is 10. The summed E-state index contributed by atoms with van der Waals surface area (Å²) in [5, 5.41) is 20.4. The number of nitrogen functional groups attached to an aromatic ring is 2. The van der Waals surface area contributed by atoms with E-state index in [0.29, 0.717) is 36.1 Å². The fourth-order valence-electron chi connectivity index (χ4n) is 7.89. The molecule has 2 aromatic carbocycles. The van der Waals surface area contributed by atoms with E-state index >= 15 is 0 Å². The molecule has 4 aromatic heterocycles. The van der Waals surface area contributed by atoms with Crippen LogP contribution in [0.3, 0.4) is 0 Å². The highest BCUT2D eigenvalue weighted by molar-refractivity contribution is 5.66. The van der Waals surface area contributed by atoms with Gasteiger partial charge in [-0.1, -0.05) is 88.4 Å². The number of nitrogens with zero attached hydrogens (tertiary/aromatic N) is 6. The summed E-state index contributed by atoms with van der Waals surface area (Å²) in [5.74, 6) is -0.665. The van der Waals surface area contributed by atoms with Crippen LogP contribution in [0.5, 0.6) is 0 Å². The zero-order valence-corrected chi connectivity index (χ0v) is 32.4. The minimum absolute atomic E-state index is 0.0454. The van der Waals surface area contributed by atoms with Crippen LogP contribution in [-0.2, 0) is 37.9 Å². The van der Waals surface area contributed by atoms with Gasteiger partial charge in [-0.05, 0) is 62.1 Å². The molecule has 0 radical (unpaired) electrons. The van der Waals surface area contributed by atoms with E-state index in [1.54, 1.807) is 16.6 Å². The van der Waals surface area contributed by atoms with E-state index in [0.717, 1.165) is 35.2 Å². The zero-order chi connectivity index (χ0) is 39.0. The molecule has 13 nitrogen and oxygen atoms in total. The van der Waals surface area contributed by atoms with Crippen LogP contribution in [-0.4, -0.2) is 57.7 Å². The van der Waals surface area contributed by atoms with Crippen molar-refractivity contribution in [3.63, 3.8) is 0 Å². The van der Waals surface area contributed by atoms with Crippen molar-refractivity contribution < 1.29 is 24.1 Å². The smallest absolute Gasteiger partial charge is 0.238 e. The van der Waals surface area contributed by atoms with Crippen molar-refractivity contribution in [1.82, 2.24) is 29.2 Å². The minimum Gasteiger partial charge on any atom is -0.382 e. The van der Waals surface area contributed by atoms with Gasteiger partial charge in [-0.25, -0.2) is 19.0 Å². The lowest BCUT2D eigenvalue weighted by Gasteiger charge is -2.30. The first-order chi connectivity index (χ1) is 26.4. The third kappa shape index (κ3) is 7.07. The summed E-state index contributed by atoms with van der Waals surface area (Å²) >= 11 is 0. The molecule has 2 saturated heterocycles. The van der Waals surface area contributed by atoms with Crippen LogP contribution in [0, 0.1) is 11.8 Å². The number of hydrogen-bond acceptors (Lipinski definition) is 11. The topological polar surface area (TPSA) is 170 Å². The molecule has 55 heavy (non-hydrogen) atoms. The largest absolute Gasteiger partial charge is 0.382 e. The lowest BCUT2D eigenvalue weighted by atomic mass is 9.84. The standard InChI is InChI=1S/C21H26N4O3.C21H26N4O2/c1-4-20(3)14(2)18(27-12-15-8-6-5-7-9-15)21(26,28-20)17-11-10-16-19(22)23-13-24-25(16)17;1-4-21(3)14(2)18(26-12-15-8-6-5-7-9-15)19(27-21)16-10-11-17-20(22)23-13-24-25(16)17/h5-11,13-14,18,26H,4,12H2,1-3H3,(H2,22,23,24);5-11,13-14,18-19H,4,12H2,1-3H3,(H2,22,23,24)/t14-,18?,20+,21?;14-,18?,19-,21+/m00/s1. The Morgan fingerprint density at radius 2 is 1.25 bits per heavy atom. The van der Waals surface area contributed by atoms with Crippen LogP contribution < -0.4 is 11.5 Å². The summed E-state index contributed by atoms with van der Waals surface area (Å²) in [6.45, 7) is 13.6. The number of hydrogen-bond donors (Lipinski definition) is 3. The first-order valence-corrected chi connectivity index (χ1v) is 19.0. The fourth-order valence-corrected chi connectivity index (χ4v) is 7.89. The van der Waals surface area contributed by atoms with Crippen LogP contribution >= 0.6 is 0 Å². The average Bonchev–Trinajstić information content (AvgIpc) is 3.94. The zero-order valence-electron chi connectivity index (χ0n) is 32.4. The lowest BCUT2D eigenvalue weighted by Crippen LogP contribution is -2.41. The Balaban J connectivity index is 0.000000169. The summed E-state index contributed by atoms with van der Waals surface area (Å²) < 4.78 is 28.9. The Kier molecular flexibility index (Phi) is 10.7. The SMILES string of the molecule is CC[C@@]1(C)OC(O)(c2ccc3c(N)ncnn23)C(OCc2ccccc2)[C@@H]1C.CC[C@@]1(C)O[C@@H](c2ccc3c(N)ncnn23)C(OCc2ccccc2)[C@@H]1C. The maximum atomic E-state index is 11.7. The third-order valence-corrected chi connectivity index (χ3v) is 12.0. The van der Waals surface area contributed by atoms with Gasteiger partial charge in [-0.2, -0.15) is 10.2 Å². The number of benzene rings is 2. The molecular formula is C42H52N8O5. The molecule has 6 heterocycles. The Bertz CT molecular complexity index is 2220. The van der Waals surface area contributed by atoms with Gasteiger partial charge in [-0.15, -0.1) is 0 Å². The van der Waals surface area contributed by atoms with E-state index in [2.05, 4.69) is 60.0 Å². The van der Waals surface area contributed by atoms with E-state index in [1.807, 2.05) is 79.0 Å². The van der Waals surface area contributed by atoms with Gasteiger partial charge in [0.2, 0.25) is 5.79 Å². The predicted molar refractivity (Wildman–Crippen MR) is 209 cm³/mol. The van der Waals surface area contributed by atoms with E-state index in [4.69, 9.17) is 30.4 Å². The summed E-state index contributed by atoms with van der Waals surface area (Å²) in [4.78, 5) is 8.09. The van der Waals surface area contributed by atoms with Gasteiger partial charge in [-0.3, -0.25) is 0 Å². The molecule has 2 aliphatic rings. The Labute approximate surface area is 321 Å². The molecule has 2 fully saturated rings. The van der Waals surface area contributed by atoms with Crippen molar-refractivity contribution in [2.75, 3.05) is 11.5 Å². The van der Waals surface area contributed by atoms with Gasteiger partial charge < -0.3 is 35.5 Å². The normalized spacial score (nSPS) is 29.1. The molecule has 8 atom stereocenters. The van der Waals surface area contributed by atoms with Gasteiger partial charge in [0, 0.05) is 11.8 Å². The van der Waals surface area contributed by atoms with E-state index < -0.39 is 17.5 Å². The number of aromatic nitrogens is 6. The summed E-state index contributed by atoms with van der Waals surface area (Å²) in [5.41, 5.74) is 16.2. The minimum atomic E-state index is -1.66. The number of ether oxygens (including phenoxy) is 4. The highest BCUT2D eigenvalue weighted by Crippen LogP contribution is 2.50. The van der Waals surface area contributed by atoms with Crippen molar-refractivity contribution in [3.8, 4) is 0 Å². The second-order valence-electron chi connectivity index (χ2n) is 15.1. The molecule has 0 amide bonds. The molecular weight excluding hydrogens is 697 g/mol. The van der Waals surface area contributed by atoms with Gasteiger partial charge in [0.05, 0.1) is 36.2 Å². The predicted octanol–water partition coefficient (Wildman–Crippen LogP) is 6.65. The lowest BCUT2D eigenvalue weighted by molar-refractivity contribution is -0.267. The van der Waals surface area contributed by atoms with E-state index in [9.17, 15) is 5.11 Å². The molecule has 0 spiro atoms. The summed E-state index contributed by atoms with van der Waals surface area (Å²) in [6.07, 6.45) is 3.62. The van der Waals surface area contributed by atoms with Crippen LogP contribution in [0.2, 0.25) is 0 Å². The highest BCUT2D eigenvalue weighted by atomic mass is 16.7. The van der Waals surface area contributed by atoms with Gasteiger partial charge >= 0.3 is 0 Å². The van der Waals surface area contributed by atoms with Gasteiger partial charge in [0.25, 0.3) is 0 Å². The molecule has 0 aliphatic carbocycles. The van der Waals surface area contributed by atoms with Crippen molar-refractivity contribution in [2.45, 2.75) is 103 Å². The van der Waals surface area contributed by atoms with Gasteiger partial charge in [0.15, 0.2) is 11.6 Å². The number of anilines is 2. The quantitative estimate of drug-likeness (QED) is 0.137. The Morgan fingerprint density at radius 3 is 1.85 bits per heavy atom. The number of fused-ring (bicyclic) bond motifs is 2. The summed E-state index contributed by atoms with van der Waals surface area (Å²) in [7, 11) is 0. The van der Waals surface area contributed by atoms with Crippen LogP contribution in [0.1, 0.15) is 83.0 Å². The average molecular weight is 749 g/mol. The molecule has 0 saturated carbocycles. The van der Waals surface area contributed by atoms with Crippen LogP contribution in [0.4, 0.5) is 11.6 Å². The first-order valence-electron chi connectivity index (χ1n) is 19.0. The molecule has 290 valence electrons. The van der Waals surface area contributed by atoms with Crippen molar-refractivity contribution in [1.29, 1.82) is 0 Å². The fraction of sp³-hybridized carbons (Fsp3) is 0.429. The molecule has 5 N–H and O–H groups in total. The van der Waals surface area contributed by atoms with Crippen molar-refractivity contribution in [2.24, 2.45) is 11.8 Å². The first kappa shape index (κ1) is 38.4. The van der Waals surface area contributed by atoms with Gasteiger partial charge in [0.1, 0.15) is 41.6 Å². The van der Waals surface area contributed by atoms with Crippen LogP contribution in [0.25, 0.3) is 11.0 Å². The maximum absolute atomic E-state index is 11.7. The van der Waals surface area contributed by atoms with E-state index in [1.165, 1.54) is 12.7 Å². The van der Waals surface area contributed by atoms with Crippen molar-refractivity contribution in [3.05, 3.63) is 120 Å². The maximum Gasteiger partial charge on any atom is 0.238 e. The second-order valence-corrected chi connectivity index (χ2v) is 15.1. The second kappa shape index (κ2) is 15.3. The molecule has 0 bridgehead atoms. The Hall–Kier alpha value is -4.92. The monoisotopic (exact) mass is 748 g/mol. The molecule has 2 aliphatic heterocycles. The molecule has 13 heteroatoms. The third-order valence-electron chi connectivity index (χ3n) is 12.0. The van der Waals surface area contributed by atoms with Crippen LogP contribution in [0.15, 0.2) is 97.6 Å². The molecule has 6 aromatic rings. The number of nitrogens with two attached hydrogens (primary N) is 2. The highest BCUT2D eigenvalue weighted by Gasteiger charge is 2.60. The molecule has 3 unspecified atom stereocenters. The van der Waals surface area contributed by atoms with Crippen molar-refractivity contribution >= 4 is 22.7 Å². The summed E-state index contributed by atoms with van der Waals surface area (Å²) in [6, 6.07) is 27.6.